The molecular formula is C9H10BrN5. The molecule has 78 valence electrons. The summed E-state index contributed by atoms with van der Waals surface area (Å²) in [4.78, 5) is 12.6. The van der Waals surface area contributed by atoms with Gasteiger partial charge in [-0.1, -0.05) is 0 Å². The Hall–Kier alpha value is -1.30. The molecule has 2 aromatic rings. The van der Waals surface area contributed by atoms with Crippen molar-refractivity contribution in [2.45, 2.75) is 20.8 Å². The number of aromatic nitrogens is 5. The molecule has 0 N–H and O–H groups in total. The highest BCUT2D eigenvalue weighted by Crippen LogP contribution is 2.18. The van der Waals surface area contributed by atoms with E-state index in [9.17, 15) is 0 Å². The fourth-order valence-corrected chi connectivity index (χ4v) is 1.67. The molecule has 0 fully saturated rings. The molecule has 0 spiro atoms. The topological polar surface area (TPSA) is 56.5 Å². The summed E-state index contributed by atoms with van der Waals surface area (Å²) in [7, 11) is 0. The van der Waals surface area contributed by atoms with E-state index in [0.29, 0.717) is 5.82 Å². The molecule has 15 heavy (non-hydrogen) atoms. The fraction of sp³-hybridized carbons (Fsp3) is 0.333. The molecule has 2 rings (SSSR count). The first-order chi connectivity index (χ1) is 7.08. The van der Waals surface area contributed by atoms with E-state index in [4.69, 9.17) is 0 Å². The summed E-state index contributed by atoms with van der Waals surface area (Å²) in [5.41, 5.74) is 0. The van der Waals surface area contributed by atoms with Gasteiger partial charge in [0.1, 0.15) is 17.5 Å². The van der Waals surface area contributed by atoms with E-state index >= 15 is 0 Å². The maximum atomic E-state index is 4.32. The zero-order chi connectivity index (χ0) is 11.0. The van der Waals surface area contributed by atoms with Gasteiger partial charge in [-0.25, -0.2) is 15.0 Å². The summed E-state index contributed by atoms with van der Waals surface area (Å²) in [5, 5.41) is 4.27. The number of halogens is 1. The predicted octanol–water partition coefficient (Wildman–Crippen LogP) is 1.75. The van der Waals surface area contributed by atoms with Gasteiger partial charge in [0, 0.05) is 6.20 Å². The van der Waals surface area contributed by atoms with Gasteiger partial charge in [0.05, 0.1) is 4.47 Å². The molecule has 0 aliphatic carbocycles. The summed E-state index contributed by atoms with van der Waals surface area (Å²) in [5.74, 6) is 2.98. The van der Waals surface area contributed by atoms with Crippen LogP contribution in [-0.4, -0.2) is 24.7 Å². The van der Waals surface area contributed by atoms with Gasteiger partial charge in [0.2, 0.25) is 0 Å². The fourth-order valence-electron chi connectivity index (χ4n) is 1.31. The van der Waals surface area contributed by atoms with Crippen LogP contribution in [0, 0.1) is 20.8 Å². The zero-order valence-electron chi connectivity index (χ0n) is 8.69. The summed E-state index contributed by atoms with van der Waals surface area (Å²) in [6, 6.07) is 0. The van der Waals surface area contributed by atoms with Gasteiger partial charge >= 0.3 is 0 Å². The molecule has 0 saturated carbocycles. The van der Waals surface area contributed by atoms with Crippen LogP contribution in [-0.2, 0) is 0 Å². The molecule has 0 bridgehead atoms. The molecule has 0 aromatic carbocycles. The quantitative estimate of drug-likeness (QED) is 0.790. The van der Waals surface area contributed by atoms with Crippen molar-refractivity contribution in [3.05, 3.63) is 28.1 Å². The SMILES string of the molecule is Cc1ncc(Br)c(-n2nc(C)nc2C)n1. The number of hydrogen-bond acceptors (Lipinski definition) is 4. The highest BCUT2D eigenvalue weighted by molar-refractivity contribution is 9.10. The second kappa shape index (κ2) is 3.69. The minimum atomic E-state index is 0.709. The Morgan fingerprint density at radius 2 is 1.87 bits per heavy atom. The Labute approximate surface area is 95.7 Å². The van der Waals surface area contributed by atoms with Gasteiger partial charge in [-0.3, -0.25) is 0 Å². The van der Waals surface area contributed by atoms with Crippen molar-refractivity contribution in [2.24, 2.45) is 0 Å². The van der Waals surface area contributed by atoms with Gasteiger partial charge < -0.3 is 0 Å². The highest BCUT2D eigenvalue weighted by atomic mass is 79.9. The Bertz CT molecular complexity index is 505. The number of rotatable bonds is 1. The molecule has 2 aromatic heterocycles. The molecule has 2 heterocycles. The van der Waals surface area contributed by atoms with Crippen molar-refractivity contribution < 1.29 is 0 Å². The monoisotopic (exact) mass is 267 g/mol. The Morgan fingerprint density at radius 3 is 2.47 bits per heavy atom. The maximum absolute atomic E-state index is 4.32. The first kappa shape index (κ1) is 10.2. The average molecular weight is 268 g/mol. The van der Waals surface area contributed by atoms with Crippen LogP contribution in [0.1, 0.15) is 17.5 Å². The lowest BCUT2D eigenvalue weighted by atomic mass is 10.5. The van der Waals surface area contributed by atoms with Crippen molar-refractivity contribution in [1.29, 1.82) is 0 Å². The third kappa shape index (κ3) is 1.90. The van der Waals surface area contributed by atoms with Crippen molar-refractivity contribution in [2.75, 3.05) is 0 Å². The Morgan fingerprint density at radius 1 is 1.13 bits per heavy atom. The summed E-state index contributed by atoms with van der Waals surface area (Å²) < 4.78 is 2.51. The molecular weight excluding hydrogens is 258 g/mol. The van der Waals surface area contributed by atoms with Gasteiger partial charge in [-0.05, 0) is 36.7 Å². The summed E-state index contributed by atoms with van der Waals surface area (Å²) in [6.07, 6.45) is 1.72. The highest BCUT2D eigenvalue weighted by Gasteiger charge is 2.10. The zero-order valence-corrected chi connectivity index (χ0v) is 10.3. The molecule has 0 saturated heterocycles. The molecule has 0 aliphatic rings. The van der Waals surface area contributed by atoms with E-state index < -0.39 is 0 Å². The van der Waals surface area contributed by atoms with Crippen LogP contribution < -0.4 is 0 Å². The van der Waals surface area contributed by atoms with Crippen molar-refractivity contribution in [3.63, 3.8) is 0 Å². The minimum Gasteiger partial charge on any atom is -0.240 e. The molecule has 6 heteroatoms. The van der Waals surface area contributed by atoms with Crippen molar-refractivity contribution >= 4 is 15.9 Å². The third-order valence-corrected chi connectivity index (χ3v) is 2.48. The molecule has 0 atom stereocenters. The van der Waals surface area contributed by atoms with Crippen molar-refractivity contribution in [1.82, 2.24) is 24.7 Å². The molecule has 5 nitrogen and oxygen atoms in total. The second-order valence-electron chi connectivity index (χ2n) is 3.21. The average Bonchev–Trinajstić information content (AvgIpc) is 2.50. The van der Waals surface area contributed by atoms with Crippen LogP contribution >= 0.6 is 15.9 Å². The minimum absolute atomic E-state index is 0.709. The standard InChI is InChI=1S/C9H10BrN5/c1-5-11-4-8(10)9(13-5)15-7(3)12-6(2)14-15/h4H,1-3H3. The van der Waals surface area contributed by atoms with E-state index in [0.717, 1.165) is 21.9 Å². The van der Waals surface area contributed by atoms with Crippen LogP contribution in [0.4, 0.5) is 0 Å². The Kier molecular flexibility index (Phi) is 2.52. The number of hydrogen-bond donors (Lipinski definition) is 0. The van der Waals surface area contributed by atoms with Gasteiger partial charge in [0.25, 0.3) is 0 Å². The van der Waals surface area contributed by atoms with E-state index in [2.05, 4.69) is 36.0 Å². The van der Waals surface area contributed by atoms with Gasteiger partial charge in [0.15, 0.2) is 5.82 Å². The van der Waals surface area contributed by atoms with Gasteiger partial charge in [-0.15, -0.1) is 5.10 Å². The Balaban J connectivity index is 2.62. The number of aryl methyl sites for hydroxylation is 3. The van der Waals surface area contributed by atoms with Crippen LogP contribution in [0.5, 0.6) is 0 Å². The molecule has 0 unspecified atom stereocenters. The first-order valence-corrected chi connectivity index (χ1v) is 5.27. The van der Waals surface area contributed by atoms with E-state index in [1.54, 1.807) is 10.9 Å². The largest absolute Gasteiger partial charge is 0.240 e. The first-order valence-electron chi connectivity index (χ1n) is 4.47. The normalized spacial score (nSPS) is 10.7. The van der Waals surface area contributed by atoms with Crippen LogP contribution in [0.25, 0.3) is 5.82 Å². The predicted molar refractivity (Wildman–Crippen MR) is 58.9 cm³/mol. The van der Waals surface area contributed by atoms with E-state index in [-0.39, 0.29) is 0 Å². The van der Waals surface area contributed by atoms with Crippen LogP contribution in [0.2, 0.25) is 0 Å². The smallest absolute Gasteiger partial charge is 0.173 e. The van der Waals surface area contributed by atoms with E-state index in [1.165, 1.54) is 0 Å². The lowest BCUT2D eigenvalue weighted by molar-refractivity contribution is 0.785. The van der Waals surface area contributed by atoms with Crippen molar-refractivity contribution in [3.8, 4) is 5.82 Å². The second-order valence-corrected chi connectivity index (χ2v) is 4.06. The molecule has 0 radical (unpaired) electrons. The maximum Gasteiger partial charge on any atom is 0.173 e. The lowest BCUT2D eigenvalue weighted by Gasteiger charge is -2.04. The lowest BCUT2D eigenvalue weighted by Crippen LogP contribution is -2.05. The molecule has 0 aliphatic heterocycles. The van der Waals surface area contributed by atoms with E-state index in [1.807, 2.05) is 20.8 Å². The summed E-state index contributed by atoms with van der Waals surface area (Å²) >= 11 is 3.40. The van der Waals surface area contributed by atoms with Gasteiger partial charge in [-0.2, -0.15) is 4.68 Å². The van der Waals surface area contributed by atoms with Crippen LogP contribution in [0.3, 0.4) is 0 Å². The number of nitrogens with zero attached hydrogens (tertiary/aromatic N) is 5. The molecule has 0 amide bonds. The van der Waals surface area contributed by atoms with Crippen LogP contribution in [0.15, 0.2) is 10.7 Å². The third-order valence-electron chi connectivity index (χ3n) is 1.92. The summed E-state index contributed by atoms with van der Waals surface area (Å²) in [6.45, 7) is 5.59.